The van der Waals surface area contributed by atoms with Crippen molar-refractivity contribution in [3.63, 3.8) is 0 Å². The van der Waals surface area contributed by atoms with E-state index in [-0.39, 0.29) is 29.3 Å². The van der Waals surface area contributed by atoms with E-state index in [1.165, 1.54) is 19.2 Å². The van der Waals surface area contributed by atoms with Crippen LogP contribution in [-0.4, -0.2) is 40.5 Å². The largest absolute Gasteiger partial charge is 0.348 e. The second-order valence-corrected chi connectivity index (χ2v) is 6.64. The predicted octanol–water partition coefficient (Wildman–Crippen LogP) is 0.498. The number of hydrogen-bond donors (Lipinski definition) is 3. The van der Waals surface area contributed by atoms with Gasteiger partial charge in [0.1, 0.15) is 0 Å². The molecule has 1 aliphatic heterocycles. The molecule has 3 N–H and O–H groups in total. The van der Waals surface area contributed by atoms with Gasteiger partial charge in [0, 0.05) is 18.2 Å². The Morgan fingerprint density at radius 1 is 1.38 bits per heavy atom. The normalized spacial score (nSPS) is 18.6. The fourth-order valence-corrected chi connectivity index (χ4v) is 2.94. The van der Waals surface area contributed by atoms with Gasteiger partial charge in [0.2, 0.25) is 10.0 Å². The highest BCUT2D eigenvalue weighted by Gasteiger charge is 2.18. The van der Waals surface area contributed by atoms with E-state index < -0.39 is 10.0 Å². The standard InChI is InChI=1S/C13H19N3O3S.ClH/c1-14-20(18,19)12-6-2-4-10(8-12)13(17)16-11-5-3-7-15-9-11;/h2,4,6,8,11,14-15H,3,5,7,9H2,1H3,(H,16,17);1H/t11-;/m0./s1. The molecular formula is C13H20ClN3O3S. The van der Waals surface area contributed by atoms with Crippen molar-refractivity contribution in [2.24, 2.45) is 0 Å². The molecular weight excluding hydrogens is 314 g/mol. The number of piperidine rings is 1. The maximum absolute atomic E-state index is 12.1. The van der Waals surface area contributed by atoms with Crippen LogP contribution in [0.1, 0.15) is 23.2 Å². The van der Waals surface area contributed by atoms with Gasteiger partial charge in [-0.1, -0.05) is 6.07 Å². The molecule has 0 unspecified atom stereocenters. The van der Waals surface area contributed by atoms with Gasteiger partial charge in [-0.2, -0.15) is 0 Å². The lowest BCUT2D eigenvalue weighted by atomic mass is 10.1. The Balaban J connectivity index is 0.00000220. The molecule has 6 nitrogen and oxygen atoms in total. The molecule has 8 heteroatoms. The van der Waals surface area contributed by atoms with Crippen LogP contribution >= 0.6 is 12.4 Å². The highest BCUT2D eigenvalue weighted by Crippen LogP contribution is 2.12. The molecule has 1 aromatic carbocycles. The summed E-state index contributed by atoms with van der Waals surface area (Å²) in [5.74, 6) is -0.244. The minimum Gasteiger partial charge on any atom is -0.348 e. The van der Waals surface area contributed by atoms with Crippen molar-refractivity contribution < 1.29 is 13.2 Å². The van der Waals surface area contributed by atoms with Crippen molar-refractivity contribution in [2.45, 2.75) is 23.8 Å². The molecule has 21 heavy (non-hydrogen) atoms. The van der Waals surface area contributed by atoms with E-state index in [2.05, 4.69) is 15.4 Å². The topological polar surface area (TPSA) is 87.3 Å². The number of nitrogens with one attached hydrogen (secondary N) is 3. The second-order valence-electron chi connectivity index (χ2n) is 4.75. The summed E-state index contributed by atoms with van der Waals surface area (Å²) >= 11 is 0. The zero-order valence-corrected chi connectivity index (χ0v) is 13.4. The van der Waals surface area contributed by atoms with Crippen LogP contribution < -0.4 is 15.4 Å². The lowest BCUT2D eigenvalue weighted by molar-refractivity contribution is 0.0930. The molecule has 0 aromatic heterocycles. The predicted molar refractivity (Wildman–Crippen MR) is 83.3 cm³/mol. The molecule has 118 valence electrons. The zero-order valence-electron chi connectivity index (χ0n) is 11.8. The van der Waals surface area contributed by atoms with E-state index in [0.29, 0.717) is 5.56 Å². The Morgan fingerprint density at radius 2 is 2.14 bits per heavy atom. The molecule has 1 atom stereocenters. The molecule has 1 aromatic rings. The van der Waals surface area contributed by atoms with E-state index in [1.807, 2.05) is 0 Å². The number of halogens is 1. The Hall–Kier alpha value is -1.15. The maximum Gasteiger partial charge on any atom is 0.251 e. The number of carbonyl (C=O) groups is 1. The minimum atomic E-state index is -3.53. The van der Waals surface area contributed by atoms with Crippen molar-refractivity contribution in [2.75, 3.05) is 20.1 Å². The number of rotatable bonds is 4. The molecule has 0 spiro atoms. The van der Waals surface area contributed by atoms with E-state index in [9.17, 15) is 13.2 Å². The molecule has 1 aliphatic rings. The lowest BCUT2D eigenvalue weighted by Crippen LogP contribution is -2.45. The highest BCUT2D eigenvalue weighted by atomic mass is 35.5. The van der Waals surface area contributed by atoms with Crippen LogP contribution in [0.4, 0.5) is 0 Å². The van der Waals surface area contributed by atoms with E-state index in [0.717, 1.165) is 25.9 Å². The van der Waals surface area contributed by atoms with E-state index in [4.69, 9.17) is 0 Å². The summed E-state index contributed by atoms with van der Waals surface area (Å²) in [5, 5.41) is 6.13. The molecule has 1 saturated heterocycles. The number of benzene rings is 1. The third kappa shape index (κ3) is 4.67. The molecule has 0 bridgehead atoms. The zero-order chi connectivity index (χ0) is 14.6. The van der Waals surface area contributed by atoms with Crippen LogP contribution in [0, 0.1) is 0 Å². The van der Waals surface area contributed by atoms with Gasteiger partial charge in [0.25, 0.3) is 5.91 Å². The molecule has 0 saturated carbocycles. The first-order chi connectivity index (χ1) is 9.53. The fourth-order valence-electron chi connectivity index (χ4n) is 2.17. The third-order valence-electron chi connectivity index (χ3n) is 3.31. The van der Waals surface area contributed by atoms with Gasteiger partial charge < -0.3 is 10.6 Å². The van der Waals surface area contributed by atoms with Gasteiger partial charge in [-0.3, -0.25) is 4.79 Å². The summed E-state index contributed by atoms with van der Waals surface area (Å²) in [4.78, 5) is 12.2. The van der Waals surface area contributed by atoms with Gasteiger partial charge in [-0.05, 0) is 44.6 Å². The minimum absolute atomic E-state index is 0. The Morgan fingerprint density at radius 3 is 2.76 bits per heavy atom. The number of sulfonamides is 1. The van der Waals surface area contributed by atoms with Crippen LogP contribution in [0.3, 0.4) is 0 Å². The van der Waals surface area contributed by atoms with Crippen molar-refractivity contribution in [3.8, 4) is 0 Å². The summed E-state index contributed by atoms with van der Waals surface area (Å²) < 4.78 is 25.7. The van der Waals surface area contributed by atoms with Crippen LogP contribution in [0.2, 0.25) is 0 Å². The Labute approximate surface area is 131 Å². The fraction of sp³-hybridized carbons (Fsp3) is 0.462. The summed E-state index contributed by atoms with van der Waals surface area (Å²) in [6.07, 6.45) is 1.96. The van der Waals surface area contributed by atoms with Crippen LogP contribution in [0.15, 0.2) is 29.2 Å². The third-order valence-corrected chi connectivity index (χ3v) is 4.72. The molecule has 0 radical (unpaired) electrons. The van der Waals surface area contributed by atoms with Gasteiger partial charge in [0.05, 0.1) is 4.90 Å². The molecule has 2 rings (SSSR count). The van der Waals surface area contributed by atoms with Gasteiger partial charge in [0.15, 0.2) is 0 Å². The first kappa shape index (κ1) is 17.9. The average molecular weight is 334 g/mol. The number of carbonyl (C=O) groups excluding carboxylic acids is 1. The highest BCUT2D eigenvalue weighted by molar-refractivity contribution is 7.89. The van der Waals surface area contributed by atoms with E-state index in [1.54, 1.807) is 12.1 Å². The molecule has 1 amide bonds. The van der Waals surface area contributed by atoms with E-state index >= 15 is 0 Å². The van der Waals surface area contributed by atoms with Crippen molar-refractivity contribution >= 4 is 28.3 Å². The lowest BCUT2D eigenvalue weighted by Gasteiger charge is -2.23. The number of amides is 1. The van der Waals surface area contributed by atoms with Crippen molar-refractivity contribution in [3.05, 3.63) is 29.8 Å². The molecule has 0 aliphatic carbocycles. The summed E-state index contributed by atoms with van der Waals surface area (Å²) in [7, 11) is -2.19. The molecule has 1 fully saturated rings. The summed E-state index contributed by atoms with van der Waals surface area (Å²) in [5.41, 5.74) is 0.354. The van der Waals surface area contributed by atoms with Gasteiger partial charge >= 0.3 is 0 Å². The van der Waals surface area contributed by atoms with Crippen LogP contribution in [-0.2, 0) is 10.0 Å². The number of hydrogen-bond acceptors (Lipinski definition) is 4. The van der Waals surface area contributed by atoms with Gasteiger partial charge in [-0.25, -0.2) is 13.1 Å². The maximum atomic E-state index is 12.1. The first-order valence-corrected chi connectivity index (χ1v) is 8.06. The van der Waals surface area contributed by atoms with Crippen LogP contribution in [0.5, 0.6) is 0 Å². The average Bonchev–Trinajstić information content (AvgIpc) is 2.48. The monoisotopic (exact) mass is 333 g/mol. The second kappa shape index (κ2) is 7.74. The first-order valence-electron chi connectivity index (χ1n) is 6.58. The van der Waals surface area contributed by atoms with Crippen molar-refractivity contribution in [1.82, 2.24) is 15.4 Å². The molecule has 1 heterocycles. The van der Waals surface area contributed by atoms with Gasteiger partial charge in [-0.15, -0.1) is 12.4 Å². The Kier molecular flexibility index (Phi) is 6.60. The SMILES string of the molecule is CNS(=O)(=O)c1cccc(C(=O)N[C@H]2CCCNC2)c1.Cl. The van der Waals surface area contributed by atoms with Crippen LogP contribution in [0.25, 0.3) is 0 Å². The summed E-state index contributed by atoms with van der Waals surface area (Å²) in [6.45, 7) is 1.72. The van der Waals surface area contributed by atoms with Crippen molar-refractivity contribution in [1.29, 1.82) is 0 Å². The summed E-state index contributed by atoms with van der Waals surface area (Å²) in [6, 6.07) is 6.13. The quantitative estimate of drug-likeness (QED) is 0.748. The Bertz CT molecular complexity index is 586. The smallest absolute Gasteiger partial charge is 0.251 e.